The van der Waals surface area contributed by atoms with Crippen molar-refractivity contribution in [3.63, 3.8) is 0 Å². The maximum Gasteiger partial charge on any atom is 0.231 e. The van der Waals surface area contributed by atoms with Gasteiger partial charge in [-0.2, -0.15) is 5.26 Å². The van der Waals surface area contributed by atoms with Gasteiger partial charge in [0.25, 0.3) is 0 Å². The molecule has 2 aromatic carbocycles. The fraction of sp³-hybridized carbons (Fsp3) is 0.190. The van der Waals surface area contributed by atoms with Gasteiger partial charge >= 0.3 is 0 Å². The first-order chi connectivity index (χ1) is 13.7. The summed E-state index contributed by atoms with van der Waals surface area (Å²) in [5.74, 6) is 2.00. The van der Waals surface area contributed by atoms with E-state index in [1.54, 1.807) is 0 Å². The Balaban J connectivity index is 1.67. The van der Waals surface area contributed by atoms with Gasteiger partial charge in [-0.1, -0.05) is 47.7 Å². The molecule has 0 fully saturated rings. The summed E-state index contributed by atoms with van der Waals surface area (Å²) in [7, 11) is 0. The third-order valence-electron chi connectivity index (χ3n) is 4.40. The lowest BCUT2D eigenvalue weighted by Gasteiger charge is -2.13. The van der Waals surface area contributed by atoms with Gasteiger partial charge in [-0.25, -0.2) is 9.97 Å². The van der Waals surface area contributed by atoms with Crippen LogP contribution in [0.1, 0.15) is 16.7 Å². The zero-order chi connectivity index (χ0) is 19.5. The summed E-state index contributed by atoms with van der Waals surface area (Å²) in [6.45, 7) is 2.78. The second-order valence-corrected chi connectivity index (χ2v) is 7.07. The van der Waals surface area contributed by atoms with Crippen molar-refractivity contribution in [3.05, 3.63) is 59.2 Å². The van der Waals surface area contributed by atoms with Crippen LogP contribution >= 0.6 is 11.8 Å². The van der Waals surface area contributed by atoms with Gasteiger partial charge in [0.15, 0.2) is 16.7 Å². The summed E-state index contributed by atoms with van der Waals surface area (Å²) < 4.78 is 10.8. The van der Waals surface area contributed by atoms with E-state index >= 15 is 0 Å². The first-order valence-corrected chi connectivity index (χ1v) is 9.96. The van der Waals surface area contributed by atoms with E-state index in [1.165, 1.54) is 11.8 Å². The topological polar surface area (TPSA) is 80.1 Å². The number of rotatable bonds is 5. The molecule has 0 aliphatic carbocycles. The summed E-state index contributed by atoms with van der Waals surface area (Å²) in [5.41, 5.74) is 4.13. The molecule has 0 saturated heterocycles. The minimum atomic E-state index is 0.244. The lowest BCUT2D eigenvalue weighted by molar-refractivity contribution is 0.174. The summed E-state index contributed by atoms with van der Waals surface area (Å²) in [5, 5.41) is 13.7. The van der Waals surface area contributed by atoms with Gasteiger partial charge in [-0.05, 0) is 30.9 Å². The molecule has 0 spiro atoms. The number of aromatic nitrogens is 2. The van der Waals surface area contributed by atoms with E-state index in [9.17, 15) is 5.26 Å². The summed E-state index contributed by atoms with van der Waals surface area (Å²) in [4.78, 5) is 9.09. The zero-order valence-electron chi connectivity index (χ0n) is 15.5. The monoisotopic (exact) mass is 390 g/mol. The van der Waals surface area contributed by atoms with Crippen LogP contribution in [0.2, 0.25) is 0 Å². The second kappa shape index (κ2) is 7.79. The quantitative estimate of drug-likeness (QED) is 0.511. The number of fused-ring (bicyclic) bond motifs is 1. The molecule has 0 bridgehead atoms. The summed E-state index contributed by atoms with van der Waals surface area (Å²) >= 11 is 1.44. The van der Waals surface area contributed by atoms with Gasteiger partial charge in [0.1, 0.15) is 17.5 Å². The molecule has 4 rings (SSSR count). The van der Waals surface area contributed by atoms with Crippen LogP contribution in [0.25, 0.3) is 11.3 Å². The van der Waals surface area contributed by atoms with Crippen LogP contribution < -0.4 is 14.8 Å². The van der Waals surface area contributed by atoms with Crippen LogP contribution in [0.3, 0.4) is 0 Å². The smallest absolute Gasteiger partial charge is 0.231 e. The summed E-state index contributed by atoms with van der Waals surface area (Å²) in [6, 6.07) is 16.0. The molecule has 28 heavy (non-hydrogen) atoms. The first kappa shape index (κ1) is 18.1. The van der Waals surface area contributed by atoms with E-state index in [1.807, 2.05) is 55.6 Å². The Hall–Kier alpha value is -3.24. The van der Waals surface area contributed by atoms with Crippen LogP contribution in [0.4, 0.5) is 5.82 Å². The van der Waals surface area contributed by atoms with Gasteiger partial charge in [-0.15, -0.1) is 0 Å². The Morgan fingerprint density at radius 3 is 2.64 bits per heavy atom. The predicted molar refractivity (Wildman–Crippen MR) is 109 cm³/mol. The van der Waals surface area contributed by atoms with Gasteiger partial charge in [0.2, 0.25) is 6.79 Å². The van der Waals surface area contributed by atoms with Crippen molar-refractivity contribution < 1.29 is 9.47 Å². The van der Waals surface area contributed by atoms with Gasteiger partial charge in [0, 0.05) is 12.1 Å². The Labute approximate surface area is 167 Å². The molecule has 0 unspecified atom stereocenters. The molecule has 6 nitrogen and oxygen atoms in total. The van der Waals surface area contributed by atoms with Crippen LogP contribution in [0.5, 0.6) is 11.5 Å². The molecule has 1 aliphatic heterocycles. The maximum atomic E-state index is 9.79. The molecule has 140 valence electrons. The average molecular weight is 390 g/mol. The molecule has 0 atom stereocenters. The molecule has 7 heteroatoms. The number of aryl methyl sites for hydroxylation is 1. The van der Waals surface area contributed by atoms with Crippen molar-refractivity contribution in [2.45, 2.75) is 18.6 Å². The minimum Gasteiger partial charge on any atom is -0.454 e. The number of ether oxygens (including phenoxy) is 2. The van der Waals surface area contributed by atoms with Gasteiger partial charge < -0.3 is 14.8 Å². The number of nitrogens with one attached hydrogen (secondary N) is 1. The zero-order valence-corrected chi connectivity index (χ0v) is 16.3. The number of anilines is 1. The Morgan fingerprint density at radius 2 is 1.89 bits per heavy atom. The van der Waals surface area contributed by atoms with E-state index in [0.29, 0.717) is 28.8 Å². The molecule has 3 aromatic rings. The molecule has 0 saturated carbocycles. The molecular weight excluding hydrogens is 372 g/mol. The molecule has 0 amide bonds. The Morgan fingerprint density at radius 1 is 1.11 bits per heavy atom. The average Bonchev–Trinajstić information content (AvgIpc) is 3.20. The fourth-order valence-electron chi connectivity index (χ4n) is 2.92. The van der Waals surface area contributed by atoms with Crippen molar-refractivity contribution >= 4 is 17.6 Å². The summed E-state index contributed by atoms with van der Waals surface area (Å²) in [6.07, 6.45) is 1.92. The lowest BCUT2D eigenvalue weighted by atomic mass is 10.1. The minimum absolute atomic E-state index is 0.244. The van der Waals surface area contributed by atoms with Crippen LogP contribution in [0, 0.1) is 18.3 Å². The number of hydrogen-bond donors (Lipinski definition) is 1. The van der Waals surface area contributed by atoms with Crippen LogP contribution in [0.15, 0.2) is 47.6 Å². The van der Waals surface area contributed by atoms with E-state index in [0.717, 1.165) is 28.2 Å². The highest BCUT2D eigenvalue weighted by molar-refractivity contribution is 7.98. The highest BCUT2D eigenvalue weighted by Crippen LogP contribution is 2.33. The van der Waals surface area contributed by atoms with Gasteiger partial charge in [-0.3, -0.25) is 0 Å². The third kappa shape index (κ3) is 3.59. The largest absolute Gasteiger partial charge is 0.454 e. The van der Waals surface area contributed by atoms with Gasteiger partial charge in [0.05, 0.1) is 5.69 Å². The Kier molecular flexibility index (Phi) is 5.04. The molecule has 0 radical (unpaired) electrons. The lowest BCUT2D eigenvalue weighted by Crippen LogP contribution is -2.07. The van der Waals surface area contributed by atoms with E-state index in [-0.39, 0.29) is 6.79 Å². The highest BCUT2D eigenvalue weighted by Gasteiger charge is 2.17. The van der Waals surface area contributed by atoms with Crippen LogP contribution in [-0.4, -0.2) is 23.0 Å². The first-order valence-electron chi connectivity index (χ1n) is 8.73. The third-order valence-corrected chi connectivity index (χ3v) is 4.95. The van der Waals surface area contributed by atoms with Crippen LogP contribution in [-0.2, 0) is 6.54 Å². The van der Waals surface area contributed by atoms with Crippen molar-refractivity contribution in [3.8, 4) is 28.8 Å². The highest BCUT2D eigenvalue weighted by atomic mass is 32.2. The normalized spacial score (nSPS) is 11.9. The van der Waals surface area contributed by atoms with Crippen molar-refractivity contribution in [1.29, 1.82) is 5.26 Å². The second-order valence-electron chi connectivity index (χ2n) is 6.30. The van der Waals surface area contributed by atoms with E-state index in [2.05, 4.69) is 21.4 Å². The number of thioether (sulfide) groups is 1. The molecule has 1 N–H and O–H groups in total. The molecular formula is C21H18N4O2S. The van der Waals surface area contributed by atoms with Crippen molar-refractivity contribution in [2.75, 3.05) is 18.4 Å². The number of nitriles is 1. The predicted octanol–water partition coefficient (Wildman–Crippen LogP) is 4.39. The number of hydrogen-bond acceptors (Lipinski definition) is 7. The standard InChI is InChI=1S/C21H18N4O2S/c1-13-3-6-15(7-4-13)19-16(10-22)20(25-21(24-19)28-2)23-11-14-5-8-17-18(9-14)27-12-26-17/h3-9H,11-12H2,1-2H3,(H,23,24,25). The molecule has 2 heterocycles. The molecule has 1 aliphatic rings. The fourth-order valence-corrected chi connectivity index (χ4v) is 3.29. The SMILES string of the molecule is CSc1nc(NCc2ccc3c(c2)OCO3)c(C#N)c(-c2ccc(C)cc2)n1. The Bertz CT molecular complexity index is 1060. The van der Waals surface area contributed by atoms with Crippen molar-refractivity contribution in [1.82, 2.24) is 9.97 Å². The van der Waals surface area contributed by atoms with E-state index in [4.69, 9.17) is 9.47 Å². The number of benzene rings is 2. The van der Waals surface area contributed by atoms with E-state index < -0.39 is 0 Å². The van der Waals surface area contributed by atoms with Crippen molar-refractivity contribution in [2.24, 2.45) is 0 Å². The molecule has 1 aromatic heterocycles. The number of nitrogens with zero attached hydrogens (tertiary/aromatic N) is 3. The maximum absolute atomic E-state index is 9.79.